The fourth-order valence-corrected chi connectivity index (χ4v) is 1.83. The molecule has 3 heteroatoms. The summed E-state index contributed by atoms with van der Waals surface area (Å²) >= 11 is 0. The van der Waals surface area contributed by atoms with Gasteiger partial charge in [-0.05, 0) is 24.1 Å². The lowest BCUT2D eigenvalue weighted by molar-refractivity contribution is 0.0691. The average molecular weight is 215 g/mol. The molecule has 0 amide bonds. The van der Waals surface area contributed by atoms with E-state index in [9.17, 15) is 4.79 Å². The maximum atomic E-state index is 10.9. The van der Waals surface area contributed by atoms with Crippen LogP contribution in [-0.4, -0.2) is 16.1 Å². The van der Waals surface area contributed by atoms with Crippen LogP contribution in [0.4, 0.5) is 0 Å². The topological polar surface area (TPSA) is 50.2 Å². The van der Waals surface area contributed by atoms with Gasteiger partial charge in [-0.1, -0.05) is 31.5 Å². The number of carbonyl (C=O) groups is 1. The molecular formula is C13H13NO2. The Hall–Kier alpha value is -1.90. The minimum absolute atomic E-state index is 0.127. The van der Waals surface area contributed by atoms with E-state index in [0.29, 0.717) is 0 Å². The molecule has 0 aliphatic heterocycles. The van der Waals surface area contributed by atoms with Crippen LogP contribution < -0.4 is 0 Å². The van der Waals surface area contributed by atoms with E-state index in [1.54, 1.807) is 6.07 Å². The molecule has 0 unspecified atom stereocenters. The Kier molecular flexibility index (Phi) is 2.86. The van der Waals surface area contributed by atoms with Gasteiger partial charge in [0.2, 0.25) is 0 Å². The van der Waals surface area contributed by atoms with Crippen LogP contribution in [0.3, 0.4) is 0 Å². The predicted octanol–water partition coefficient (Wildman–Crippen LogP) is 2.89. The number of para-hydroxylation sites is 1. The van der Waals surface area contributed by atoms with Crippen LogP contribution in [0.15, 0.2) is 30.3 Å². The number of carboxylic acid groups (broad SMARTS) is 1. The van der Waals surface area contributed by atoms with Crippen molar-refractivity contribution >= 4 is 16.9 Å². The molecule has 0 bridgehead atoms. The van der Waals surface area contributed by atoms with Crippen molar-refractivity contribution in [1.82, 2.24) is 4.98 Å². The Labute approximate surface area is 93.7 Å². The molecule has 1 aromatic carbocycles. The zero-order valence-corrected chi connectivity index (χ0v) is 9.10. The highest BCUT2D eigenvalue weighted by Gasteiger charge is 2.09. The molecule has 0 saturated carbocycles. The molecule has 0 saturated heterocycles. The van der Waals surface area contributed by atoms with Crippen LogP contribution in [0.2, 0.25) is 0 Å². The Balaban J connectivity index is 2.68. The van der Waals surface area contributed by atoms with E-state index < -0.39 is 5.97 Å². The first-order valence-corrected chi connectivity index (χ1v) is 5.34. The quantitative estimate of drug-likeness (QED) is 0.856. The zero-order valence-electron chi connectivity index (χ0n) is 9.10. The third kappa shape index (κ3) is 1.89. The Morgan fingerprint density at radius 2 is 2.12 bits per heavy atom. The summed E-state index contributed by atoms with van der Waals surface area (Å²) in [6.07, 6.45) is 1.87. The van der Waals surface area contributed by atoms with Crippen molar-refractivity contribution in [2.75, 3.05) is 0 Å². The first-order valence-electron chi connectivity index (χ1n) is 5.34. The Bertz CT molecular complexity index is 534. The standard InChI is InChI=1S/C13H13NO2/c1-2-5-9-8-12(13(15)16)14-11-7-4-3-6-10(9)11/h3-4,6-8H,2,5H2,1H3,(H,15,16). The molecular weight excluding hydrogens is 202 g/mol. The Morgan fingerprint density at radius 1 is 1.38 bits per heavy atom. The van der Waals surface area contributed by atoms with E-state index in [1.807, 2.05) is 24.3 Å². The third-order valence-electron chi connectivity index (χ3n) is 2.54. The van der Waals surface area contributed by atoms with Crippen molar-refractivity contribution in [3.05, 3.63) is 41.6 Å². The lowest BCUT2D eigenvalue weighted by Crippen LogP contribution is -2.02. The number of hydrogen-bond acceptors (Lipinski definition) is 2. The smallest absolute Gasteiger partial charge is 0.354 e. The van der Waals surface area contributed by atoms with Gasteiger partial charge in [-0.15, -0.1) is 0 Å². The van der Waals surface area contributed by atoms with Crippen molar-refractivity contribution in [1.29, 1.82) is 0 Å². The Morgan fingerprint density at radius 3 is 2.81 bits per heavy atom. The van der Waals surface area contributed by atoms with Crippen molar-refractivity contribution in [3.63, 3.8) is 0 Å². The van der Waals surface area contributed by atoms with Gasteiger partial charge in [0.25, 0.3) is 0 Å². The van der Waals surface area contributed by atoms with Crippen LogP contribution in [0.1, 0.15) is 29.4 Å². The highest BCUT2D eigenvalue weighted by Crippen LogP contribution is 2.19. The third-order valence-corrected chi connectivity index (χ3v) is 2.54. The summed E-state index contributed by atoms with van der Waals surface area (Å²) in [5, 5.41) is 10.0. The van der Waals surface area contributed by atoms with Gasteiger partial charge >= 0.3 is 5.97 Å². The van der Waals surface area contributed by atoms with Gasteiger partial charge in [0.05, 0.1) is 5.52 Å². The number of carboxylic acids is 1. The van der Waals surface area contributed by atoms with Crippen molar-refractivity contribution in [2.24, 2.45) is 0 Å². The molecule has 1 heterocycles. The first kappa shape index (κ1) is 10.6. The largest absolute Gasteiger partial charge is 0.477 e. The number of pyridine rings is 1. The zero-order chi connectivity index (χ0) is 11.5. The van der Waals surface area contributed by atoms with Crippen molar-refractivity contribution in [2.45, 2.75) is 19.8 Å². The van der Waals surface area contributed by atoms with E-state index >= 15 is 0 Å². The van der Waals surface area contributed by atoms with E-state index in [4.69, 9.17) is 5.11 Å². The van der Waals surface area contributed by atoms with E-state index in [-0.39, 0.29) is 5.69 Å². The monoisotopic (exact) mass is 215 g/mol. The summed E-state index contributed by atoms with van der Waals surface area (Å²) in [6, 6.07) is 9.33. The summed E-state index contributed by atoms with van der Waals surface area (Å²) in [5.74, 6) is -0.969. The summed E-state index contributed by atoms with van der Waals surface area (Å²) < 4.78 is 0. The molecule has 2 rings (SSSR count). The lowest BCUT2D eigenvalue weighted by atomic mass is 10.0. The van der Waals surface area contributed by atoms with Gasteiger partial charge in [-0.25, -0.2) is 9.78 Å². The summed E-state index contributed by atoms with van der Waals surface area (Å²) in [6.45, 7) is 2.08. The number of fused-ring (bicyclic) bond motifs is 1. The minimum Gasteiger partial charge on any atom is -0.477 e. The van der Waals surface area contributed by atoms with Gasteiger partial charge in [0, 0.05) is 5.39 Å². The molecule has 82 valence electrons. The summed E-state index contributed by atoms with van der Waals surface area (Å²) in [7, 11) is 0. The number of aryl methyl sites for hydroxylation is 1. The predicted molar refractivity (Wildman–Crippen MR) is 62.7 cm³/mol. The van der Waals surface area contributed by atoms with Gasteiger partial charge in [-0.3, -0.25) is 0 Å². The van der Waals surface area contributed by atoms with Gasteiger partial charge in [-0.2, -0.15) is 0 Å². The highest BCUT2D eigenvalue weighted by atomic mass is 16.4. The van der Waals surface area contributed by atoms with Crippen LogP contribution in [0.25, 0.3) is 10.9 Å². The lowest BCUT2D eigenvalue weighted by Gasteiger charge is -2.06. The molecule has 0 aliphatic carbocycles. The van der Waals surface area contributed by atoms with Crippen molar-refractivity contribution in [3.8, 4) is 0 Å². The first-order chi connectivity index (χ1) is 7.72. The number of aromatic carboxylic acids is 1. The number of aromatic nitrogens is 1. The van der Waals surface area contributed by atoms with Crippen LogP contribution in [0.5, 0.6) is 0 Å². The van der Waals surface area contributed by atoms with E-state index in [2.05, 4.69) is 11.9 Å². The summed E-state index contributed by atoms with van der Waals surface area (Å²) in [5.41, 5.74) is 1.94. The normalized spacial score (nSPS) is 10.6. The van der Waals surface area contributed by atoms with Gasteiger partial charge in [0.1, 0.15) is 5.69 Å². The molecule has 3 nitrogen and oxygen atoms in total. The molecule has 16 heavy (non-hydrogen) atoms. The molecule has 1 aromatic heterocycles. The highest BCUT2D eigenvalue weighted by molar-refractivity contribution is 5.91. The van der Waals surface area contributed by atoms with Gasteiger partial charge in [0.15, 0.2) is 0 Å². The minimum atomic E-state index is -0.969. The second kappa shape index (κ2) is 4.31. The van der Waals surface area contributed by atoms with Crippen LogP contribution >= 0.6 is 0 Å². The maximum Gasteiger partial charge on any atom is 0.354 e. The number of hydrogen-bond donors (Lipinski definition) is 1. The maximum absolute atomic E-state index is 10.9. The molecule has 0 atom stereocenters. The van der Waals surface area contributed by atoms with Crippen molar-refractivity contribution < 1.29 is 9.90 Å². The van der Waals surface area contributed by atoms with Crippen LogP contribution in [0, 0.1) is 0 Å². The SMILES string of the molecule is CCCc1cc(C(=O)O)nc2ccccc12. The summed E-state index contributed by atoms with van der Waals surface area (Å²) in [4.78, 5) is 15.1. The molecule has 1 N–H and O–H groups in total. The fraction of sp³-hybridized carbons (Fsp3) is 0.231. The fourth-order valence-electron chi connectivity index (χ4n) is 1.83. The number of rotatable bonds is 3. The van der Waals surface area contributed by atoms with E-state index in [1.165, 1.54) is 0 Å². The van der Waals surface area contributed by atoms with E-state index in [0.717, 1.165) is 29.3 Å². The van der Waals surface area contributed by atoms with Gasteiger partial charge < -0.3 is 5.11 Å². The molecule has 0 fully saturated rings. The average Bonchev–Trinajstić information content (AvgIpc) is 2.29. The molecule has 0 spiro atoms. The molecule has 2 aromatic rings. The molecule has 0 radical (unpaired) electrons. The number of nitrogens with zero attached hydrogens (tertiary/aromatic N) is 1. The number of benzene rings is 1. The second-order valence-electron chi connectivity index (χ2n) is 3.74. The molecule has 0 aliphatic rings. The second-order valence-corrected chi connectivity index (χ2v) is 3.74. The van der Waals surface area contributed by atoms with Crippen LogP contribution in [-0.2, 0) is 6.42 Å².